The van der Waals surface area contributed by atoms with Gasteiger partial charge in [0.25, 0.3) is 0 Å². The Bertz CT molecular complexity index is 76.0. The molecule has 0 saturated carbocycles. The average Bonchev–Trinajstić information content (AvgIpc) is 2.01. The van der Waals surface area contributed by atoms with Gasteiger partial charge < -0.3 is 5.11 Å². The highest BCUT2D eigenvalue weighted by Gasteiger charge is 2.01. The Kier molecular flexibility index (Phi) is 8.54. The topological polar surface area (TPSA) is 20.2 Å². The number of halogens is 1. The van der Waals surface area contributed by atoms with E-state index in [0.717, 1.165) is 38.0 Å². The number of hydrogen-bond acceptors (Lipinski definition) is 1. The fourth-order valence-corrected chi connectivity index (χ4v) is 1.25. The van der Waals surface area contributed by atoms with Crippen LogP contribution in [0.15, 0.2) is 0 Å². The zero-order chi connectivity index (χ0) is 8.53. The average molecular weight is 179 g/mol. The van der Waals surface area contributed by atoms with Crippen molar-refractivity contribution in [2.75, 3.05) is 5.88 Å². The lowest BCUT2D eigenvalue weighted by atomic mass is 10.1. The molecule has 2 heteroatoms. The van der Waals surface area contributed by atoms with E-state index in [9.17, 15) is 5.11 Å². The summed E-state index contributed by atoms with van der Waals surface area (Å²) in [6, 6.07) is 0. The molecule has 0 aliphatic rings. The van der Waals surface area contributed by atoms with Crippen LogP contribution in [0.3, 0.4) is 0 Å². The Morgan fingerprint density at radius 1 is 1.18 bits per heavy atom. The summed E-state index contributed by atoms with van der Waals surface area (Å²) in [7, 11) is 0. The summed E-state index contributed by atoms with van der Waals surface area (Å²) in [5.74, 6) is 0.723. The van der Waals surface area contributed by atoms with E-state index in [0.29, 0.717) is 0 Å². The van der Waals surface area contributed by atoms with Crippen molar-refractivity contribution in [3.05, 3.63) is 0 Å². The Hall–Kier alpha value is 0.250. The van der Waals surface area contributed by atoms with Crippen LogP contribution in [0, 0.1) is 0 Å². The van der Waals surface area contributed by atoms with Crippen molar-refractivity contribution in [2.24, 2.45) is 0 Å². The van der Waals surface area contributed by atoms with E-state index in [1.54, 1.807) is 0 Å². The molecule has 0 bridgehead atoms. The molecule has 0 aliphatic carbocycles. The van der Waals surface area contributed by atoms with Crippen molar-refractivity contribution in [3.8, 4) is 0 Å². The minimum atomic E-state index is -0.0850. The molecule has 1 N–H and O–H groups in total. The molecule has 0 saturated heterocycles. The van der Waals surface area contributed by atoms with Gasteiger partial charge in [-0.3, -0.25) is 0 Å². The highest BCUT2D eigenvalue weighted by molar-refractivity contribution is 6.17. The van der Waals surface area contributed by atoms with E-state index >= 15 is 0 Å². The van der Waals surface area contributed by atoms with E-state index < -0.39 is 0 Å². The van der Waals surface area contributed by atoms with E-state index in [1.165, 1.54) is 6.42 Å². The molecule has 0 aromatic rings. The molecule has 68 valence electrons. The van der Waals surface area contributed by atoms with Crippen LogP contribution < -0.4 is 0 Å². The number of unbranched alkanes of at least 4 members (excludes halogenated alkanes) is 2. The molecular weight excluding hydrogens is 160 g/mol. The molecule has 0 aromatic heterocycles. The Labute approximate surface area is 74.8 Å². The summed E-state index contributed by atoms with van der Waals surface area (Å²) >= 11 is 5.51. The number of aliphatic hydroxyl groups is 1. The van der Waals surface area contributed by atoms with Crippen molar-refractivity contribution in [1.82, 2.24) is 0 Å². The number of alkyl halides is 1. The third kappa shape index (κ3) is 8.15. The molecule has 1 nitrogen and oxygen atoms in total. The quantitative estimate of drug-likeness (QED) is 0.470. The number of hydrogen-bond donors (Lipinski definition) is 1. The molecule has 11 heavy (non-hydrogen) atoms. The molecule has 0 amide bonds. The fourth-order valence-electron chi connectivity index (χ4n) is 1.06. The van der Waals surface area contributed by atoms with Gasteiger partial charge in [0.05, 0.1) is 6.10 Å². The summed E-state index contributed by atoms with van der Waals surface area (Å²) in [6.45, 7) is 2.14. The second kappa shape index (κ2) is 8.35. The largest absolute Gasteiger partial charge is 0.393 e. The third-order valence-electron chi connectivity index (χ3n) is 1.81. The standard InChI is InChI=1S/C9H19ClO/c1-2-3-6-9(11)7-4-5-8-10/h9,11H,2-8H2,1H3/t9-/m0/s1. The van der Waals surface area contributed by atoms with Crippen LogP contribution in [0.4, 0.5) is 0 Å². The van der Waals surface area contributed by atoms with E-state index in [-0.39, 0.29) is 6.10 Å². The fraction of sp³-hybridized carbons (Fsp3) is 1.00. The van der Waals surface area contributed by atoms with E-state index in [2.05, 4.69) is 6.92 Å². The van der Waals surface area contributed by atoms with Crippen molar-refractivity contribution in [2.45, 2.75) is 51.6 Å². The summed E-state index contributed by atoms with van der Waals surface area (Å²) < 4.78 is 0. The highest BCUT2D eigenvalue weighted by atomic mass is 35.5. The van der Waals surface area contributed by atoms with Crippen molar-refractivity contribution in [1.29, 1.82) is 0 Å². The predicted molar refractivity (Wildman–Crippen MR) is 50.1 cm³/mol. The molecular formula is C9H19ClO. The Morgan fingerprint density at radius 2 is 1.82 bits per heavy atom. The smallest absolute Gasteiger partial charge is 0.0540 e. The van der Waals surface area contributed by atoms with Crippen LogP contribution in [0.2, 0.25) is 0 Å². The second-order valence-electron chi connectivity index (χ2n) is 2.98. The van der Waals surface area contributed by atoms with E-state index in [4.69, 9.17) is 11.6 Å². The molecule has 0 aliphatic heterocycles. The lowest BCUT2D eigenvalue weighted by Gasteiger charge is -2.07. The molecule has 0 unspecified atom stereocenters. The normalized spacial score (nSPS) is 13.4. The summed E-state index contributed by atoms with van der Waals surface area (Å²) in [5, 5.41) is 9.36. The molecule has 1 atom stereocenters. The second-order valence-corrected chi connectivity index (χ2v) is 3.36. The monoisotopic (exact) mass is 178 g/mol. The SMILES string of the molecule is CCCC[C@H](O)CCCCCl. The zero-order valence-electron chi connectivity index (χ0n) is 7.35. The first-order valence-corrected chi connectivity index (χ1v) is 5.08. The van der Waals surface area contributed by atoms with Gasteiger partial charge in [-0.25, -0.2) is 0 Å². The van der Waals surface area contributed by atoms with Gasteiger partial charge in [-0.1, -0.05) is 19.8 Å². The lowest BCUT2D eigenvalue weighted by molar-refractivity contribution is 0.149. The first-order chi connectivity index (χ1) is 5.31. The first-order valence-electron chi connectivity index (χ1n) is 4.55. The van der Waals surface area contributed by atoms with Crippen molar-refractivity contribution >= 4 is 11.6 Å². The number of rotatable bonds is 7. The minimum absolute atomic E-state index is 0.0850. The first kappa shape index (κ1) is 11.2. The van der Waals surface area contributed by atoms with Crippen LogP contribution >= 0.6 is 11.6 Å². The van der Waals surface area contributed by atoms with Crippen LogP contribution in [-0.2, 0) is 0 Å². The van der Waals surface area contributed by atoms with Crippen LogP contribution in [0.25, 0.3) is 0 Å². The zero-order valence-corrected chi connectivity index (χ0v) is 8.11. The summed E-state index contributed by atoms with van der Waals surface area (Å²) in [5.41, 5.74) is 0. The maximum Gasteiger partial charge on any atom is 0.0540 e. The molecule has 0 spiro atoms. The molecule has 0 rings (SSSR count). The summed E-state index contributed by atoms with van der Waals surface area (Å²) in [6.07, 6.45) is 6.21. The highest BCUT2D eigenvalue weighted by Crippen LogP contribution is 2.08. The van der Waals surface area contributed by atoms with Crippen LogP contribution in [-0.4, -0.2) is 17.1 Å². The van der Waals surface area contributed by atoms with Crippen LogP contribution in [0.5, 0.6) is 0 Å². The van der Waals surface area contributed by atoms with Gasteiger partial charge in [0.1, 0.15) is 0 Å². The van der Waals surface area contributed by atoms with Gasteiger partial charge in [-0.05, 0) is 25.7 Å². The molecule has 0 heterocycles. The van der Waals surface area contributed by atoms with Crippen molar-refractivity contribution in [3.63, 3.8) is 0 Å². The van der Waals surface area contributed by atoms with Gasteiger partial charge in [0.15, 0.2) is 0 Å². The van der Waals surface area contributed by atoms with Gasteiger partial charge in [0, 0.05) is 5.88 Å². The molecule has 0 radical (unpaired) electrons. The maximum absolute atomic E-state index is 9.36. The maximum atomic E-state index is 9.36. The van der Waals surface area contributed by atoms with Gasteiger partial charge in [0.2, 0.25) is 0 Å². The Balaban J connectivity index is 3.02. The van der Waals surface area contributed by atoms with Gasteiger partial charge >= 0.3 is 0 Å². The Morgan fingerprint density at radius 3 is 2.36 bits per heavy atom. The van der Waals surface area contributed by atoms with E-state index in [1.807, 2.05) is 0 Å². The van der Waals surface area contributed by atoms with Gasteiger partial charge in [-0.2, -0.15) is 0 Å². The van der Waals surface area contributed by atoms with Crippen molar-refractivity contribution < 1.29 is 5.11 Å². The predicted octanol–water partition coefficient (Wildman–Crippen LogP) is 2.95. The lowest BCUT2D eigenvalue weighted by Crippen LogP contribution is -2.05. The third-order valence-corrected chi connectivity index (χ3v) is 2.08. The van der Waals surface area contributed by atoms with Crippen LogP contribution in [0.1, 0.15) is 45.4 Å². The number of aliphatic hydroxyl groups excluding tert-OH is 1. The minimum Gasteiger partial charge on any atom is -0.393 e. The molecule has 0 fully saturated rings. The summed E-state index contributed by atoms with van der Waals surface area (Å²) in [4.78, 5) is 0. The molecule has 0 aromatic carbocycles. The van der Waals surface area contributed by atoms with Gasteiger partial charge in [-0.15, -0.1) is 11.6 Å².